The predicted molar refractivity (Wildman–Crippen MR) is 92.3 cm³/mol. The Hall–Kier alpha value is -1.52. The van der Waals surface area contributed by atoms with E-state index in [2.05, 4.69) is 28.2 Å². The second kappa shape index (κ2) is 8.20. The Balaban J connectivity index is 1.81. The first-order chi connectivity index (χ1) is 10.6. The first-order valence-electron chi connectivity index (χ1n) is 7.01. The Labute approximate surface area is 143 Å². The molecule has 2 aromatic rings. The Kier molecular flexibility index (Phi) is 6.28. The van der Waals surface area contributed by atoms with Crippen molar-refractivity contribution >= 4 is 33.4 Å². The zero-order valence-corrected chi connectivity index (χ0v) is 14.6. The first-order valence-corrected chi connectivity index (χ1v) is 8.18. The second-order valence-electron chi connectivity index (χ2n) is 4.81. The molecule has 0 heterocycles. The van der Waals surface area contributed by atoms with Gasteiger partial charge >= 0.3 is 0 Å². The fourth-order valence-corrected chi connectivity index (χ4v) is 2.55. The lowest BCUT2D eigenvalue weighted by molar-refractivity contribution is -0.123. The number of benzene rings is 2. The molecule has 22 heavy (non-hydrogen) atoms. The molecule has 0 saturated heterocycles. The molecule has 1 N–H and O–H groups in total. The van der Waals surface area contributed by atoms with Crippen LogP contribution in [0, 0.1) is 0 Å². The smallest absolute Gasteiger partial charge is 0.258 e. The largest absolute Gasteiger partial charge is 0.483 e. The SMILES string of the molecule is CCc1ccc(OCC(=O)NCc2ccc(Cl)cc2)c(Br)c1. The highest BCUT2D eigenvalue weighted by Crippen LogP contribution is 2.26. The highest BCUT2D eigenvalue weighted by atomic mass is 79.9. The summed E-state index contributed by atoms with van der Waals surface area (Å²) in [6.45, 7) is 2.53. The molecule has 5 heteroatoms. The molecule has 2 aromatic carbocycles. The molecular weight excluding hydrogens is 366 g/mol. The molecule has 0 saturated carbocycles. The number of aryl methyl sites for hydroxylation is 1. The molecule has 0 atom stereocenters. The summed E-state index contributed by atoms with van der Waals surface area (Å²) in [6, 6.07) is 13.2. The van der Waals surface area contributed by atoms with Crippen LogP contribution in [0.25, 0.3) is 0 Å². The summed E-state index contributed by atoms with van der Waals surface area (Å²) in [7, 11) is 0. The van der Waals surface area contributed by atoms with Gasteiger partial charge in [0.05, 0.1) is 4.47 Å². The Morgan fingerprint density at radius 2 is 1.86 bits per heavy atom. The second-order valence-corrected chi connectivity index (χ2v) is 6.10. The van der Waals surface area contributed by atoms with Crippen molar-refractivity contribution in [2.45, 2.75) is 19.9 Å². The Morgan fingerprint density at radius 3 is 2.50 bits per heavy atom. The number of rotatable bonds is 6. The summed E-state index contributed by atoms with van der Waals surface area (Å²) in [4.78, 5) is 11.8. The standard InChI is InChI=1S/C17H17BrClNO2/c1-2-12-5-8-16(15(18)9-12)22-11-17(21)20-10-13-3-6-14(19)7-4-13/h3-9H,2,10-11H2,1H3,(H,20,21). The van der Waals surface area contributed by atoms with Gasteiger partial charge in [-0.1, -0.05) is 36.7 Å². The van der Waals surface area contributed by atoms with Crippen molar-refractivity contribution in [1.29, 1.82) is 0 Å². The van der Waals surface area contributed by atoms with Crippen molar-refractivity contribution in [3.63, 3.8) is 0 Å². The third-order valence-corrected chi connectivity index (χ3v) is 4.04. The number of hydrogen-bond donors (Lipinski definition) is 1. The molecule has 3 nitrogen and oxygen atoms in total. The zero-order chi connectivity index (χ0) is 15.9. The van der Waals surface area contributed by atoms with Crippen LogP contribution >= 0.6 is 27.5 Å². The molecule has 0 aliphatic rings. The van der Waals surface area contributed by atoms with Crippen LogP contribution in [0.2, 0.25) is 5.02 Å². The molecule has 0 unspecified atom stereocenters. The minimum Gasteiger partial charge on any atom is -0.483 e. The van der Waals surface area contributed by atoms with Crippen molar-refractivity contribution in [1.82, 2.24) is 5.32 Å². The van der Waals surface area contributed by atoms with Crippen LogP contribution in [-0.2, 0) is 17.8 Å². The van der Waals surface area contributed by atoms with Crippen molar-refractivity contribution in [2.24, 2.45) is 0 Å². The van der Waals surface area contributed by atoms with Crippen LogP contribution in [0.5, 0.6) is 5.75 Å². The van der Waals surface area contributed by atoms with Crippen LogP contribution in [0.3, 0.4) is 0 Å². The normalized spacial score (nSPS) is 10.3. The van der Waals surface area contributed by atoms with Gasteiger partial charge in [-0.25, -0.2) is 0 Å². The van der Waals surface area contributed by atoms with Crippen molar-refractivity contribution in [3.05, 3.63) is 63.1 Å². The summed E-state index contributed by atoms with van der Waals surface area (Å²) in [5, 5.41) is 3.49. The quantitative estimate of drug-likeness (QED) is 0.806. The van der Waals surface area contributed by atoms with Gasteiger partial charge < -0.3 is 10.1 Å². The third kappa shape index (κ3) is 5.04. The van der Waals surface area contributed by atoms with Crippen LogP contribution in [-0.4, -0.2) is 12.5 Å². The van der Waals surface area contributed by atoms with Gasteiger partial charge in [0.25, 0.3) is 5.91 Å². The van der Waals surface area contributed by atoms with Crippen LogP contribution < -0.4 is 10.1 Å². The molecule has 0 bridgehead atoms. The summed E-state index contributed by atoms with van der Waals surface area (Å²) >= 11 is 9.27. The van der Waals surface area contributed by atoms with E-state index in [9.17, 15) is 4.79 Å². The number of ether oxygens (including phenoxy) is 1. The number of carbonyl (C=O) groups is 1. The third-order valence-electron chi connectivity index (χ3n) is 3.17. The summed E-state index contributed by atoms with van der Waals surface area (Å²) < 4.78 is 6.38. The zero-order valence-electron chi connectivity index (χ0n) is 12.2. The minimum atomic E-state index is -0.165. The fraction of sp³-hybridized carbons (Fsp3) is 0.235. The van der Waals surface area contributed by atoms with Crippen LogP contribution in [0.1, 0.15) is 18.1 Å². The molecule has 0 aliphatic carbocycles. The van der Waals surface area contributed by atoms with E-state index in [0.717, 1.165) is 16.5 Å². The van der Waals surface area contributed by atoms with Gasteiger partial charge in [0, 0.05) is 11.6 Å². The van der Waals surface area contributed by atoms with E-state index in [4.69, 9.17) is 16.3 Å². The van der Waals surface area contributed by atoms with E-state index in [1.807, 2.05) is 30.3 Å². The van der Waals surface area contributed by atoms with Crippen molar-refractivity contribution < 1.29 is 9.53 Å². The topological polar surface area (TPSA) is 38.3 Å². The maximum absolute atomic E-state index is 11.8. The average molecular weight is 383 g/mol. The highest BCUT2D eigenvalue weighted by molar-refractivity contribution is 9.10. The average Bonchev–Trinajstić information content (AvgIpc) is 2.53. The lowest BCUT2D eigenvalue weighted by Crippen LogP contribution is -2.28. The van der Waals surface area contributed by atoms with Crippen LogP contribution in [0.15, 0.2) is 46.9 Å². The molecule has 0 aliphatic heterocycles. The van der Waals surface area contributed by atoms with Gasteiger partial charge in [-0.15, -0.1) is 0 Å². The molecular formula is C17H17BrClNO2. The maximum atomic E-state index is 11.8. The minimum absolute atomic E-state index is 0.0162. The lowest BCUT2D eigenvalue weighted by Gasteiger charge is -2.10. The molecule has 0 fully saturated rings. The molecule has 0 aromatic heterocycles. The highest BCUT2D eigenvalue weighted by Gasteiger charge is 2.06. The van der Waals surface area contributed by atoms with Crippen LogP contribution in [0.4, 0.5) is 0 Å². The number of nitrogens with one attached hydrogen (secondary N) is 1. The number of carbonyl (C=O) groups excluding carboxylic acids is 1. The monoisotopic (exact) mass is 381 g/mol. The van der Waals surface area contributed by atoms with E-state index >= 15 is 0 Å². The molecule has 2 rings (SSSR count). The number of hydrogen-bond acceptors (Lipinski definition) is 2. The molecule has 116 valence electrons. The number of halogens is 2. The summed E-state index contributed by atoms with van der Waals surface area (Å²) in [6.07, 6.45) is 0.959. The fourth-order valence-electron chi connectivity index (χ4n) is 1.88. The summed E-state index contributed by atoms with van der Waals surface area (Å²) in [5.41, 5.74) is 2.21. The van der Waals surface area contributed by atoms with E-state index < -0.39 is 0 Å². The van der Waals surface area contributed by atoms with Crippen molar-refractivity contribution in [3.8, 4) is 5.75 Å². The number of amides is 1. The van der Waals surface area contributed by atoms with E-state index in [1.165, 1.54) is 5.56 Å². The van der Waals surface area contributed by atoms with Gasteiger partial charge in [-0.05, 0) is 57.7 Å². The molecule has 1 amide bonds. The first kappa shape index (κ1) is 16.8. The van der Waals surface area contributed by atoms with E-state index in [0.29, 0.717) is 17.3 Å². The molecule has 0 spiro atoms. The maximum Gasteiger partial charge on any atom is 0.258 e. The Bertz CT molecular complexity index is 644. The van der Waals surface area contributed by atoms with Crippen molar-refractivity contribution in [2.75, 3.05) is 6.61 Å². The van der Waals surface area contributed by atoms with E-state index in [1.54, 1.807) is 12.1 Å². The Morgan fingerprint density at radius 1 is 1.18 bits per heavy atom. The van der Waals surface area contributed by atoms with Gasteiger partial charge in [0.2, 0.25) is 0 Å². The van der Waals surface area contributed by atoms with Gasteiger partial charge in [0.1, 0.15) is 5.75 Å². The lowest BCUT2D eigenvalue weighted by atomic mass is 10.2. The van der Waals surface area contributed by atoms with E-state index in [-0.39, 0.29) is 12.5 Å². The molecule has 0 radical (unpaired) electrons. The van der Waals surface area contributed by atoms with Gasteiger partial charge in [-0.3, -0.25) is 4.79 Å². The predicted octanol–water partition coefficient (Wildman–Crippen LogP) is 4.36. The van der Waals surface area contributed by atoms with Gasteiger partial charge in [0.15, 0.2) is 6.61 Å². The summed E-state index contributed by atoms with van der Waals surface area (Å²) in [5.74, 6) is 0.500. The van der Waals surface area contributed by atoms with Gasteiger partial charge in [-0.2, -0.15) is 0 Å².